The van der Waals surface area contributed by atoms with E-state index in [9.17, 15) is 14.4 Å². The molecule has 3 aromatic carbocycles. The maximum Gasteiger partial charge on any atom is 0.293 e. The quantitative estimate of drug-likeness (QED) is 0.297. The first-order valence-corrected chi connectivity index (χ1v) is 13.1. The van der Waals surface area contributed by atoms with E-state index in [0.29, 0.717) is 32.7 Å². The van der Waals surface area contributed by atoms with Crippen molar-refractivity contribution in [3.8, 4) is 11.5 Å². The molecule has 38 heavy (non-hydrogen) atoms. The van der Waals surface area contributed by atoms with E-state index in [2.05, 4.69) is 5.32 Å². The number of amides is 3. The number of aryl methyl sites for hydroxylation is 2. The zero-order valence-corrected chi connectivity index (χ0v) is 23.2. The molecular weight excluding hydrogens is 547 g/mol. The van der Waals surface area contributed by atoms with Crippen molar-refractivity contribution >= 4 is 63.8 Å². The number of nitrogens with zero attached hydrogens (tertiary/aromatic N) is 1. The number of thioether (sulfide) groups is 1. The number of rotatable bonds is 8. The Bertz CT molecular complexity index is 1460. The minimum Gasteiger partial charge on any atom is -0.493 e. The van der Waals surface area contributed by atoms with Crippen LogP contribution in [0, 0.1) is 13.8 Å². The highest BCUT2D eigenvalue weighted by molar-refractivity contribution is 8.18. The van der Waals surface area contributed by atoms with Crippen molar-refractivity contribution in [2.75, 3.05) is 19.0 Å². The summed E-state index contributed by atoms with van der Waals surface area (Å²) < 4.78 is 11.1. The fourth-order valence-corrected chi connectivity index (χ4v) is 4.86. The van der Waals surface area contributed by atoms with Gasteiger partial charge in [0.15, 0.2) is 18.1 Å². The number of carbonyl (C=O) groups is 3. The summed E-state index contributed by atoms with van der Waals surface area (Å²) in [6, 6.07) is 15.8. The molecule has 0 aliphatic carbocycles. The summed E-state index contributed by atoms with van der Waals surface area (Å²) in [5, 5.41) is 3.22. The molecule has 1 N–H and O–H groups in total. The number of carbonyl (C=O) groups excluding carboxylic acids is 3. The number of hydrogen-bond donors (Lipinski definition) is 1. The Morgan fingerprint density at radius 3 is 2.53 bits per heavy atom. The van der Waals surface area contributed by atoms with Crippen molar-refractivity contribution in [3.05, 3.63) is 91.8 Å². The smallest absolute Gasteiger partial charge is 0.293 e. The Kier molecular flexibility index (Phi) is 8.66. The number of hydrogen-bond acceptors (Lipinski definition) is 6. The third-order valence-corrected chi connectivity index (χ3v) is 7.36. The van der Waals surface area contributed by atoms with E-state index in [4.69, 9.17) is 32.7 Å². The SMILES string of the molecule is COc1cc(/C=C2\SC(=O)N(Cc3ccc(Cl)c(Cl)c3)C2=O)ccc1OCC(=O)Nc1cc(C)ccc1C. The van der Waals surface area contributed by atoms with Crippen molar-refractivity contribution < 1.29 is 23.9 Å². The van der Waals surface area contributed by atoms with Crippen LogP contribution in [0.2, 0.25) is 10.0 Å². The Hall–Kier alpha value is -3.46. The maximum atomic E-state index is 12.9. The van der Waals surface area contributed by atoms with E-state index in [0.717, 1.165) is 33.5 Å². The molecule has 1 heterocycles. The van der Waals surface area contributed by atoms with Gasteiger partial charge in [-0.1, -0.05) is 47.5 Å². The monoisotopic (exact) mass is 570 g/mol. The van der Waals surface area contributed by atoms with Gasteiger partial charge in [0.25, 0.3) is 17.1 Å². The second-order valence-corrected chi connectivity index (χ2v) is 10.4. The van der Waals surface area contributed by atoms with E-state index in [1.54, 1.807) is 42.5 Å². The second-order valence-electron chi connectivity index (χ2n) is 8.58. The normalized spacial score (nSPS) is 14.2. The first-order chi connectivity index (χ1) is 18.1. The fourth-order valence-electron chi connectivity index (χ4n) is 3.70. The predicted molar refractivity (Wildman–Crippen MR) is 151 cm³/mol. The average molecular weight is 571 g/mol. The van der Waals surface area contributed by atoms with Crippen LogP contribution in [0.5, 0.6) is 11.5 Å². The van der Waals surface area contributed by atoms with E-state index in [-0.39, 0.29) is 29.2 Å². The van der Waals surface area contributed by atoms with Crippen LogP contribution in [0.1, 0.15) is 22.3 Å². The first kappa shape index (κ1) is 27.6. The van der Waals surface area contributed by atoms with E-state index in [1.807, 2.05) is 32.0 Å². The van der Waals surface area contributed by atoms with Crippen LogP contribution in [-0.4, -0.2) is 35.7 Å². The molecule has 0 atom stereocenters. The molecule has 0 unspecified atom stereocenters. The minimum atomic E-state index is -0.409. The van der Waals surface area contributed by atoms with E-state index < -0.39 is 5.91 Å². The molecule has 3 amide bonds. The highest BCUT2D eigenvalue weighted by atomic mass is 35.5. The van der Waals surface area contributed by atoms with Gasteiger partial charge in [0.1, 0.15) is 0 Å². The maximum absolute atomic E-state index is 12.9. The van der Waals surface area contributed by atoms with Crippen LogP contribution in [0.3, 0.4) is 0 Å². The van der Waals surface area contributed by atoms with Gasteiger partial charge in [-0.05, 0) is 84.3 Å². The lowest BCUT2D eigenvalue weighted by Gasteiger charge is -2.13. The van der Waals surface area contributed by atoms with Crippen LogP contribution in [0.15, 0.2) is 59.5 Å². The number of halogens is 2. The molecule has 1 fully saturated rings. The number of ether oxygens (including phenoxy) is 2. The van der Waals surface area contributed by atoms with Gasteiger partial charge in [-0.15, -0.1) is 0 Å². The Balaban J connectivity index is 1.43. The summed E-state index contributed by atoms with van der Waals surface area (Å²) in [4.78, 5) is 39.3. The number of benzene rings is 3. The largest absolute Gasteiger partial charge is 0.493 e. The molecule has 1 aliphatic heterocycles. The molecule has 1 saturated heterocycles. The van der Waals surface area contributed by atoms with Crippen molar-refractivity contribution in [2.45, 2.75) is 20.4 Å². The van der Waals surface area contributed by atoms with Gasteiger partial charge in [-0.25, -0.2) is 0 Å². The molecule has 0 saturated carbocycles. The van der Waals surface area contributed by atoms with Gasteiger partial charge in [0.05, 0.1) is 28.6 Å². The summed E-state index contributed by atoms with van der Waals surface area (Å²) in [7, 11) is 1.48. The molecule has 0 bridgehead atoms. The Labute approximate surface area is 234 Å². The Morgan fingerprint density at radius 2 is 1.79 bits per heavy atom. The summed E-state index contributed by atoms with van der Waals surface area (Å²) in [6.45, 7) is 3.74. The zero-order valence-electron chi connectivity index (χ0n) is 20.8. The highest BCUT2D eigenvalue weighted by Crippen LogP contribution is 2.36. The molecule has 0 spiro atoms. The predicted octanol–water partition coefficient (Wildman–Crippen LogP) is 6.87. The number of imide groups is 1. The van der Waals surface area contributed by atoms with Crippen molar-refractivity contribution in [2.24, 2.45) is 0 Å². The van der Waals surface area contributed by atoms with Gasteiger partial charge in [-0.3, -0.25) is 19.3 Å². The standard InChI is InChI=1S/C28H24Cl2N2O5S/c1-16-4-5-17(2)22(10-16)31-26(33)15-37-23-9-7-18(12-24(23)36-3)13-25-27(34)32(28(35)38-25)14-19-6-8-20(29)21(30)11-19/h4-13H,14-15H2,1-3H3,(H,31,33)/b25-13-. The topological polar surface area (TPSA) is 84.9 Å². The fraction of sp³-hybridized carbons (Fsp3) is 0.179. The first-order valence-electron chi connectivity index (χ1n) is 11.5. The summed E-state index contributed by atoms with van der Waals surface area (Å²) >= 11 is 12.9. The summed E-state index contributed by atoms with van der Waals surface area (Å²) in [5.74, 6) is 0.0377. The van der Waals surface area contributed by atoms with E-state index in [1.165, 1.54) is 7.11 Å². The van der Waals surface area contributed by atoms with Gasteiger partial charge in [0.2, 0.25) is 0 Å². The molecule has 3 aromatic rings. The molecule has 196 valence electrons. The number of nitrogens with one attached hydrogen (secondary N) is 1. The molecule has 4 rings (SSSR count). The lowest BCUT2D eigenvalue weighted by atomic mass is 10.1. The van der Waals surface area contributed by atoms with Crippen molar-refractivity contribution in [1.82, 2.24) is 4.90 Å². The molecule has 10 heteroatoms. The third-order valence-electron chi connectivity index (χ3n) is 5.71. The Morgan fingerprint density at radius 1 is 1.00 bits per heavy atom. The van der Waals surface area contributed by atoms with Gasteiger partial charge >= 0.3 is 0 Å². The highest BCUT2D eigenvalue weighted by Gasteiger charge is 2.35. The molecule has 0 radical (unpaired) electrons. The molecule has 7 nitrogen and oxygen atoms in total. The van der Waals surface area contributed by atoms with Crippen LogP contribution in [0.4, 0.5) is 10.5 Å². The van der Waals surface area contributed by atoms with Crippen molar-refractivity contribution in [1.29, 1.82) is 0 Å². The van der Waals surface area contributed by atoms with Crippen LogP contribution in [0.25, 0.3) is 6.08 Å². The lowest BCUT2D eigenvalue weighted by Crippen LogP contribution is -2.27. The number of anilines is 1. The molecule has 1 aliphatic rings. The van der Waals surface area contributed by atoms with Crippen LogP contribution < -0.4 is 14.8 Å². The van der Waals surface area contributed by atoms with Gasteiger partial charge in [-0.2, -0.15) is 0 Å². The third kappa shape index (κ3) is 6.51. The molecule has 0 aromatic heterocycles. The van der Waals surface area contributed by atoms with Crippen molar-refractivity contribution in [3.63, 3.8) is 0 Å². The summed E-state index contributed by atoms with van der Waals surface area (Å²) in [5.41, 5.74) is 4.04. The average Bonchev–Trinajstić information content (AvgIpc) is 3.14. The lowest BCUT2D eigenvalue weighted by molar-refractivity contribution is -0.123. The molecular formula is C28H24Cl2N2O5S. The van der Waals surface area contributed by atoms with Gasteiger partial charge < -0.3 is 14.8 Å². The van der Waals surface area contributed by atoms with Crippen LogP contribution >= 0.6 is 35.0 Å². The van der Waals surface area contributed by atoms with E-state index >= 15 is 0 Å². The van der Waals surface area contributed by atoms with Crippen LogP contribution in [-0.2, 0) is 16.1 Å². The summed E-state index contributed by atoms with van der Waals surface area (Å²) in [6.07, 6.45) is 1.61. The minimum absolute atomic E-state index is 0.0825. The zero-order chi connectivity index (χ0) is 27.4. The van der Waals surface area contributed by atoms with Gasteiger partial charge in [0, 0.05) is 5.69 Å². The second kappa shape index (κ2) is 11.9. The number of methoxy groups -OCH3 is 1.